The molecule has 3 N–H and O–H groups in total. The summed E-state index contributed by atoms with van der Waals surface area (Å²) in [6.45, 7) is 19.9. The molecular formula is C50H66N2O7S4. The average molecular weight is 935 g/mol. The van der Waals surface area contributed by atoms with Crippen molar-refractivity contribution in [3.8, 4) is 11.5 Å². The number of esters is 2. The molecule has 0 fully saturated rings. The van der Waals surface area contributed by atoms with Crippen LogP contribution in [0.3, 0.4) is 0 Å². The van der Waals surface area contributed by atoms with Crippen LogP contribution in [0.4, 0.5) is 0 Å². The Kier molecular flexibility index (Phi) is 20.5. The van der Waals surface area contributed by atoms with Gasteiger partial charge in [-0.15, -0.1) is 22.7 Å². The van der Waals surface area contributed by atoms with E-state index in [9.17, 15) is 19.8 Å². The second-order valence-corrected chi connectivity index (χ2v) is 22.0. The fraction of sp³-hybridized carbons (Fsp3) is 0.440. The molecule has 0 saturated heterocycles. The van der Waals surface area contributed by atoms with Gasteiger partial charge < -0.3 is 24.8 Å². The van der Waals surface area contributed by atoms with Crippen molar-refractivity contribution in [1.29, 1.82) is 0 Å². The SMILES string of the molecule is C.CC(O)CSc1nc2ccccc2s1.COC(=O)CCc1cc(C)c(O)c(C(C)(C)C)c1.Cc1cc(CCC(=O)OC(C)CSc2nc3ccccc3s2)cc(C(C)(C)C)c1O. The molecule has 0 aliphatic carbocycles. The Hall–Kier alpha value is -4.14. The maximum atomic E-state index is 12.3. The number of ether oxygens (including phenoxy) is 2. The first-order valence-electron chi connectivity index (χ1n) is 20.7. The molecule has 4 aromatic carbocycles. The topological polar surface area (TPSA) is 139 Å². The molecule has 63 heavy (non-hydrogen) atoms. The van der Waals surface area contributed by atoms with E-state index < -0.39 is 0 Å². The molecule has 0 amide bonds. The number of aromatic nitrogens is 2. The first kappa shape index (κ1) is 53.2. The number of hydrogen-bond acceptors (Lipinski definition) is 13. The van der Waals surface area contributed by atoms with E-state index in [2.05, 4.69) is 68.4 Å². The normalized spacial score (nSPS) is 12.3. The Morgan fingerprint density at radius 3 is 1.49 bits per heavy atom. The monoisotopic (exact) mass is 934 g/mol. The Bertz CT molecular complexity index is 2340. The number of carbonyl (C=O) groups is 2. The number of aliphatic hydroxyl groups excluding tert-OH is 1. The van der Waals surface area contributed by atoms with E-state index in [0.29, 0.717) is 48.7 Å². The first-order chi connectivity index (χ1) is 29.1. The van der Waals surface area contributed by atoms with Gasteiger partial charge in [0.25, 0.3) is 0 Å². The summed E-state index contributed by atoms with van der Waals surface area (Å²) in [5.74, 6) is 1.67. The molecule has 0 aliphatic heterocycles. The fourth-order valence-electron chi connectivity index (χ4n) is 6.26. The van der Waals surface area contributed by atoms with Crippen LogP contribution in [-0.2, 0) is 42.7 Å². The molecule has 2 aromatic heterocycles. The summed E-state index contributed by atoms with van der Waals surface area (Å²) in [7, 11) is 1.39. The molecule has 2 atom stereocenters. The van der Waals surface area contributed by atoms with Crippen molar-refractivity contribution >= 4 is 78.6 Å². The third-order valence-corrected chi connectivity index (χ3v) is 14.4. The number of phenolic OH excluding ortho intramolecular Hbond substituents is 2. The van der Waals surface area contributed by atoms with Crippen molar-refractivity contribution in [3.63, 3.8) is 0 Å². The lowest BCUT2D eigenvalue weighted by Gasteiger charge is -2.22. The number of fused-ring (bicyclic) bond motifs is 2. The lowest BCUT2D eigenvalue weighted by molar-refractivity contribution is -0.147. The number of thioether (sulfide) groups is 2. The third kappa shape index (κ3) is 16.7. The summed E-state index contributed by atoms with van der Waals surface area (Å²) in [6, 6.07) is 24.0. The summed E-state index contributed by atoms with van der Waals surface area (Å²) >= 11 is 6.58. The van der Waals surface area contributed by atoms with Crippen LogP contribution in [0.1, 0.15) is 109 Å². The number of aliphatic hydroxyl groups is 1. The zero-order valence-corrected chi connectivity index (χ0v) is 41.1. The number of carbonyl (C=O) groups excluding carboxylic acids is 2. The minimum Gasteiger partial charge on any atom is -0.507 e. The van der Waals surface area contributed by atoms with Crippen LogP contribution in [-0.4, -0.2) is 68.0 Å². The van der Waals surface area contributed by atoms with Gasteiger partial charge in [-0.2, -0.15) is 0 Å². The number of hydrogen-bond donors (Lipinski definition) is 3. The van der Waals surface area contributed by atoms with Gasteiger partial charge in [-0.25, -0.2) is 9.97 Å². The van der Waals surface area contributed by atoms with Gasteiger partial charge in [-0.05, 0) is 109 Å². The molecule has 0 saturated carbocycles. The van der Waals surface area contributed by atoms with Gasteiger partial charge >= 0.3 is 11.9 Å². The van der Waals surface area contributed by atoms with Gasteiger partial charge in [-0.3, -0.25) is 9.59 Å². The number of para-hydroxylation sites is 2. The molecule has 342 valence electrons. The number of rotatable bonds is 13. The predicted octanol–water partition coefficient (Wildman–Crippen LogP) is 12.8. The standard InChI is InChI=1S/C24H29NO3S2.C15H22O3.C10H11NOS2.CH4/c1-15-12-17(13-18(22(15)27)24(3,4)5)10-11-21(26)28-16(2)14-29-23-25-19-8-6-7-9-20(19)30-23;1-10-8-11(6-7-13(16)18-5)9-12(14(10)17)15(2,3)4;1-7(12)6-13-10-11-8-4-2-3-5-9(8)14-10;/h6-9,12-13,16,27H,10-11,14H2,1-5H3;8-9,17H,6-7H2,1-5H3;2-5,7,12H,6H2,1H3;1H4. The highest BCUT2D eigenvalue weighted by Crippen LogP contribution is 2.36. The Balaban J connectivity index is 0.000000272. The minimum absolute atomic E-state index is 0. The van der Waals surface area contributed by atoms with Gasteiger partial charge in [-0.1, -0.05) is 121 Å². The Morgan fingerprint density at radius 2 is 1.10 bits per heavy atom. The zero-order chi connectivity index (χ0) is 45.8. The lowest BCUT2D eigenvalue weighted by Crippen LogP contribution is -2.17. The van der Waals surface area contributed by atoms with Crippen molar-refractivity contribution in [3.05, 3.63) is 106 Å². The van der Waals surface area contributed by atoms with E-state index in [0.717, 1.165) is 53.1 Å². The summed E-state index contributed by atoms with van der Waals surface area (Å²) in [4.78, 5) is 32.5. The molecule has 6 aromatic rings. The molecule has 0 radical (unpaired) electrons. The van der Waals surface area contributed by atoms with Crippen LogP contribution in [0.5, 0.6) is 11.5 Å². The largest absolute Gasteiger partial charge is 0.507 e. The number of aryl methyl sites for hydroxylation is 4. The van der Waals surface area contributed by atoms with Crippen molar-refractivity contribution in [2.45, 2.75) is 134 Å². The number of thiazole rings is 2. The molecule has 0 spiro atoms. The van der Waals surface area contributed by atoms with Crippen molar-refractivity contribution in [2.24, 2.45) is 0 Å². The molecule has 9 nitrogen and oxygen atoms in total. The smallest absolute Gasteiger partial charge is 0.306 e. The quantitative estimate of drug-likeness (QED) is 0.0753. The van der Waals surface area contributed by atoms with Crippen LogP contribution in [0.2, 0.25) is 0 Å². The molecule has 2 heterocycles. The number of phenols is 2. The van der Waals surface area contributed by atoms with Crippen LogP contribution >= 0.6 is 46.2 Å². The highest BCUT2D eigenvalue weighted by atomic mass is 32.2. The maximum absolute atomic E-state index is 12.3. The first-order valence-corrected chi connectivity index (χ1v) is 24.3. The van der Waals surface area contributed by atoms with Crippen LogP contribution in [0.25, 0.3) is 20.4 Å². The van der Waals surface area contributed by atoms with Gasteiger partial charge in [0.15, 0.2) is 8.68 Å². The summed E-state index contributed by atoms with van der Waals surface area (Å²) < 4.78 is 14.6. The Labute approximate surface area is 391 Å². The second kappa shape index (κ2) is 24.2. The van der Waals surface area contributed by atoms with Crippen LogP contribution < -0.4 is 0 Å². The number of methoxy groups -OCH3 is 1. The lowest BCUT2D eigenvalue weighted by atomic mass is 9.83. The number of benzene rings is 4. The minimum atomic E-state index is -0.271. The Morgan fingerprint density at radius 1 is 0.683 bits per heavy atom. The number of aromatic hydroxyl groups is 2. The van der Waals surface area contributed by atoms with Gasteiger partial charge in [0.05, 0.1) is 33.6 Å². The molecule has 2 unspecified atom stereocenters. The summed E-state index contributed by atoms with van der Waals surface area (Å²) in [5.41, 5.74) is 7.40. The van der Waals surface area contributed by atoms with E-state index in [4.69, 9.17) is 9.84 Å². The van der Waals surface area contributed by atoms with E-state index in [1.807, 2.05) is 81.4 Å². The van der Waals surface area contributed by atoms with Gasteiger partial charge in [0.2, 0.25) is 0 Å². The van der Waals surface area contributed by atoms with Gasteiger partial charge in [0, 0.05) is 24.3 Å². The second-order valence-electron chi connectivity index (χ2n) is 17.4. The van der Waals surface area contributed by atoms with Crippen LogP contribution in [0.15, 0.2) is 81.5 Å². The summed E-state index contributed by atoms with van der Waals surface area (Å²) in [5, 5.41) is 29.6. The molecule has 0 aliphatic rings. The maximum Gasteiger partial charge on any atom is 0.306 e. The molecule has 6 rings (SSSR count). The van der Waals surface area contributed by atoms with Gasteiger partial charge in [0.1, 0.15) is 17.6 Å². The van der Waals surface area contributed by atoms with Crippen molar-refractivity contribution in [1.82, 2.24) is 9.97 Å². The van der Waals surface area contributed by atoms with Crippen molar-refractivity contribution < 1.29 is 34.4 Å². The highest BCUT2D eigenvalue weighted by molar-refractivity contribution is 8.01. The molecule has 13 heteroatoms. The zero-order valence-electron chi connectivity index (χ0n) is 37.8. The van der Waals surface area contributed by atoms with Crippen molar-refractivity contribution in [2.75, 3.05) is 18.6 Å². The van der Waals surface area contributed by atoms with E-state index in [1.54, 1.807) is 53.1 Å². The summed E-state index contributed by atoms with van der Waals surface area (Å²) in [6.07, 6.45) is 1.47. The van der Waals surface area contributed by atoms with E-state index in [-0.39, 0.29) is 42.4 Å². The van der Waals surface area contributed by atoms with E-state index in [1.165, 1.54) is 16.5 Å². The number of nitrogens with zero attached hydrogens (tertiary/aromatic N) is 2. The van der Waals surface area contributed by atoms with E-state index >= 15 is 0 Å². The van der Waals surface area contributed by atoms with Crippen LogP contribution in [0, 0.1) is 13.8 Å². The predicted molar refractivity (Wildman–Crippen MR) is 266 cm³/mol. The molecule has 0 bridgehead atoms. The molecular weight excluding hydrogens is 869 g/mol. The average Bonchev–Trinajstić information content (AvgIpc) is 3.83. The third-order valence-electron chi connectivity index (χ3n) is 9.57. The highest BCUT2D eigenvalue weighted by Gasteiger charge is 2.22. The fourth-order valence-corrected chi connectivity index (χ4v) is 10.2.